The smallest absolute Gasteiger partial charge is 0.332 e. The van der Waals surface area contributed by atoms with E-state index >= 15 is 0 Å². The summed E-state index contributed by atoms with van der Waals surface area (Å²) in [4.78, 5) is 23.4. The van der Waals surface area contributed by atoms with E-state index in [1.54, 1.807) is 0 Å². The van der Waals surface area contributed by atoms with E-state index in [0.717, 1.165) is 18.4 Å². The second kappa shape index (κ2) is 7.32. The lowest BCUT2D eigenvalue weighted by molar-refractivity contribution is -0.152. The fourth-order valence-electron chi connectivity index (χ4n) is 3.30. The second-order valence-corrected chi connectivity index (χ2v) is 6.49. The third kappa shape index (κ3) is 3.76. The number of hydrogen-bond acceptors (Lipinski definition) is 4. The number of nitrogens with one attached hydrogen (secondary N) is 1. The number of rotatable bonds is 4. The summed E-state index contributed by atoms with van der Waals surface area (Å²) >= 11 is 0. The van der Waals surface area contributed by atoms with Gasteiger partial charge in [-0.2, -0.15) is 0 Å². The number of ether oxygens (including phenoxy) is 2. The van der Waals surface area contributed by atoms with Crippen LogP contribution >= 0.6 is 0 Å². The van der Waals surface area contributed by atoms with Crippen molar-refractivity contribution in [2.45, 2.75) is 57.0 Å². The molecular formula is C18H23NO5. The molecule has 4 atom stereocenters. The van der Waals surface area contributed by atoms with Crippen LogP contribution in [0.2, 0.25) is 0 Å². The molecule has 0 aliphatic carbocycles. The first kappa shape index (κ1) is 16.9. The van der Waals surface area contributed by atoms with Gasteiger partial charge >= 0.3 is 5.97 Å². The van der Waals surface area contributed by atoms with Crippen LogP contribution in [0.25, 0.3) is 0 Å². The Hall–Kier alpha value is -1.92. The molecule has 0 bridgehead atoms. The van der Waals surface area contributed by atoms with E-state index in [9.17, 15) is 9.59 Å². The molecule has 6 heteroatoms. The molecular weight excluding hydrogens is 310 g/mol. The third-order valence-corrected chi connectivity index (χ3v) is 4.64. The lowest BCUT2D eigenvalue weighted by atomic mass is 9.95. The Morgan fingerprint density at radius 3 is 2.50 bits per heavy atom. The first-order valence-corrected chi connectivity index (χ1v) is 8.41. The summed E-state index contributed by atoms with van der Waals surface area (Å²) in [7, 11) is 0. The van der Waals surface area contributed by atoms with E-state index in [-0.39, 0.29) is 18.1 Å². The van der Waals surface area contributed by atoms with Crippen molar-refractivity contribution in [2.24, 2.45) is 0 Å². The minimum atomic E-state index is -1.01. The molecule has 1 aromatic carbocycles. The summed E-state index contributed by atoms with van der Waals surface area (Å²) in [6.07, 6.45) is 0.778. The number of aliphatic carboxylic acids is 1. The number of benzene rings is 1. The average molecular weight is 333 g/mol. The van der Waals surface area contributed by atoms with Gasteiger partial charge in [0.15, 0.2) is 6.10 Å². The van der Waals surface area contributed by atoms with Crippen LogP contribution in [-0.2, 0) is 19.1 Å². The van der Waals surface area contributed by atoms with Crippen molar-refractivity contribution in [3.05, 3.63) is 35.4 Å². The van der Waals surface area contributed by atoms with Gasteiger partial charge < -0.3 is 19.9 Å². The molecule has 1 amide bonds. The van der Waals surface area contributed by atoms with Gasteiger partial charge in [-0.25, -0.2) is 4.79 Å². The van der Waals surface area contributed by atoms with Crippen molar-refractivity contribution in [2.75, 3.05) is 6.61 Å². The minimum Gasteiger partial charge on any atom is -0.479 e. The van der Waals surface area contributed by atoms with Crippen LogP contribution < -0.4 is 5.32 Å². The number of carbonyl (C=O) groups excluding carboxylic acids is 1. The van der Waals surface area contributed by atoms with Crippen LogP contribution in [0.3, 0.4) is 0 Å². The number of carboxylic acid groups (broad SMARTS) is 1. The Morgan fingerprint density at radius 2 is 1.83 bits per heavy atom. The topological polar surface area (TPSA) is 84.9 Å². The highest BCUT2D eigenvalue weighted by Gasteiger charge is 2.37. The van der Waals surface area contributed by atoms with Crippen LogP contribution in [0.4, 0.5) is 0 Å². The highest BCUT2D eigenvalue weighted by atomic mass is 16.5. The minimum absolute atomic E-state index is 0.124. The largest absolute Gasteiger partial charge is 0.479 e. The standard InChI is InChI=1S/C18H23NO5/c1-11-4-6-12(7-5-11)16-13(3-2-10-23-16)19-17(20)14-8-9-15(24-14)18(21)22/h4-7,13-16H,2-3,8-10H2,1H3,(H,19,20)(H,21,22)/t13?,14-,15+,16?/m0/s1. The van der Waals surface area contributed by atoms with Crippen molar-refractivity contribution in [3.63, 3.8) is 0 Å². The molecule has 2 aliphatic heterocycles. The highest BCUT2D eigenvalue weighted by molar-refractivity contribution is 5.83. The number of carboxylic acids is 1. The maximum atomic E-state index is 12.4. The molecule has 1 aromatic rings. The first-order chi connectivity index (χ1) is 11.5. The predicted octanol–water partition coefficient (Wildman–Crippen LogP) is 1.96. The fourth-order valence-corrected chi connectivity index (χ4v) is 3.30. The normalized spacial score (nSPS) is 30.0. The van der Waals surface area contributed by atoms with Crippen LogP contribution in [0.5, 0.6) is 0 Å². The monoisotopic (exact) mass is 333 g/mol. The zero-order valence-electron chi connectivity index (χ0n) is 13.7. The molecule has 2 heterocycles. The zero-order chi connectivity index (χ0) is 17.1. The maximum Gasteiger partial charge on any atom is 0.332 e. The van der Waals surface area contributed by atoms with Gasteiger partial charge in [0.2, 0.25) is 5.91 Å². The number of amides is 1. The molecule has 0 spiro atoms. The third-order valence-electron chi connectivity index (χ3n) is 4.64. The van der Waals surface area contributed by atoms with E-state index in [1.165, 1.54) is 5.56 Å². The zero-order valence-corrected chi connectivity index (χ0v) is 13.7. The number of aryl methyl sites for hydroxylation is 1. The molecule has 24 heavy (non-hydrogen) atoms. The molecule has 0 aromatic heterocycles. The van der Waals surface area contributed by atoms with Crippen LogP contribution in [0.1, 0.15) is 42.9 Å². The average Bonchev–Trinajstić information content (AvgIpc) is 3.07. The quantitative estimate of drug-likeness (QED) is 0.880. The number of carbonyl (C=O) groups is 2. The van der Waals surface area contributed by atoms with E-state index < -0.39 is 18.2 Å². The second-order valence-electron chi connectivity index (χ2n) is 6.49. The molecule has 6 nitrogen and oxygen atoms in total. The summed E-state index contributed by atoms with van der Waals surface area (Å²) in [6, 6.07) is 7.99. The van der Waals surface area contributed by atoms with Crippen molar-refractivity contribution in [1.82, 2.24) is 5.32 Å². The Bertz CT molecular complexity index is 600. The van der Waals surface area contributed by atoms with Gasteiger partial charge in [-0.15, -0.1) is 0 Å². The molecule has 0 saturated carbocycles. The molecule has 3 rings (SSSR count). The lowest BCUT2D eigenvalue weighted by Crippen LogP contribution is -2.46. The van der Waals surface area contributed by atoms with Crippen molar-refractivity contribution in [3.8, 4) is 0 Å². The Labute approximate surface area is 141 Å². The van der Waals surface area contributed by atoms with Crippen molar-refractivity contribution < 1.29 is 24.2 Å². The summed E-state index contributed by atoms with van der Waals surface area (Å²) in [6.45, 7) is 2.70. The van der Waals surface area contributed by atoms with E-state index in [1.807, 2.05) is 31.2 Å². The molecule has 2 aliphatic rings. The summed E-state index contributed by atoms with van der Waals surface area (Å²) in [5.74, 6) is -1.25. The first-order valence-electron chi connectivity index (χ1n) is 8.41. The lowest BCUT2D eigenvalue weighted by Gasteiger charge is -2.33. The van der Waals surface area contributed by atoms with Gasteiger partial charge in [-0.1, -0.05) is 29.8 Å². The highest BCUT2D eigenvalue weighted by Crippen LogP contribution is 2.29. The van der Waals surface area contributed by atoms with E-state index in [0.29, 0.717) is 19.4 Å². The molecule has 2 unspecified atom stereocenters. The van der Waals surface area contributed by atoms with Gasteiger partial charge in [0.05, 0.1) is 6.04 Å². The molecule has 0 radical (unpaired) electrons. The van der Waals surface area contributed by atoms with Gasteiger partial charge in [0.1, 0.15) is 12.2 Å². The Balaban J connectivity index is 1.64. The summed E-state index contributed by atoms with van der Waals surface area (Å²) in [5, 5.41) is 12.0. The number of hydrogen-bond donors (Lipinski definition) is 2. The Morgan fingerprint density at radius 1 is 1.12 bits per heavy atom. The van der Waals surface area contributed by atoms with Gasteiger partial charge in [0, 0.05) is 6.61 Å². The summed E-state index contributed by atoms with van der Waals surface area (Å²) in [5.41, 5.74) is 2.22. The molecule has 2 saturated heterocycles. The maximum absolute atomic E-state index is 12.4. The van der Waals surface area contributed by atoms with Crippen molar-refractivity contribution >= 4 is 11.9 Å². The van der Waals surface area contributed by atoms with Gasteiger partial charge in [0.25, 0.3) is 0 Å². The van der Waals surface area contributed by atoms with E-state index in [4.69, 9.17) is 14.6 Å². The van der Waals surface area contributed by atoms with Crippen LogP contribution in [0, 0.1) is 6.92 Å². The van der Waals surface area contributed by atoms with Crippen LogP contribution in [0.15, 0.2) is 24.3 Å². The van der Waals surface area contributed by atoms with Crippen LogP contribution in [-0.4, -0.2) is 41.8 Å². The summed E-state index contributed by atoms with van der Waals surface area (Å²) < 4.78 is 11.2. The molecule has 2 N–H and O–H groups in total. The van der Waals surface area contributed by atoms with Gasteiger partial charge in [-0.3, -0.25) is 4.79 Å². The predicted molar refractivity (Wildman–Crippen MR) is 86.6 cm³/mol. The molecule has 130 valence electrons. The van der Waals surface area contributed by atoms with Gasteiger partial charge in [-0.05, 0) is 38.2 Å². The fraction of sp³-hybridized carbons (Fsp3) is 0.556. The van der Waals surface area contributed by atoms with E-state index in [2.05, 4.69) is 5.32 Å². The van der Waals surface area contributed by atoms with Crippen molar-refractivity contribution in [1.29, 1.82) is 0 Å². The molecule has 2 fully saturated rings. The Kier molecular flexibility index (Phi) is 5.16. The SMILES string of the molecule is Cc1ccc(C2OCCCC2NC(=O)[C@@H]2CC[C@H](C(=O)O)O2)cc1.